The van der Waals surface area contributed by atoms with Gasteiger partial charge in [-0.3, -0.25) is 4.90 Å². The van der Waals surface area contributed by atoms with Crippen LogP contribution in [0.25, 0.3) is 0 Å². The number of hydrogen-bond donors (Lipinski definition) is 1. The van der Waals surface area contributed by atoms with E-state index in [0.717, 1.165) is 35.1 Å². The van der Waals surface area contributed by atoms with Gasteiger partial charge < -0.3 is 5.11 Å². The van der Waals surface area contributed by atoms with Gasteiger partial charge in [0.05, 0.1) is 6.10 Å². The van der Waals surface area contributed by atoms with Gasteiger partial charge in [0.2, 0.25) is 0 Å². The molecule has 0 amide bonds. The molecule has 3 atom stereocenters. The number of hydrogen-bond acceptors (Lipinski definition) is 2. The Morgan fingerprint density at radius 1 is 1.10 bits per heavy atom. The summed E-state index contributed by atoms with van der Waals surface area (Å²) < 4.78 is 1.07. The number of aliphatic hydroxyl groups is 1. The lowest BCUT2D eigenvalue weighted by atomic mass is 9.78. The summed E-state index contributed by atoms with van der Waals surface area (Å²) in [5.41, 5.74) is 1.03. The Labute approximate surface area is 142 Å². The maximum atomic E-state index is 10.5. The molecule has 1 N–H and O–H groups in total. The van der Waals surface area contributed by atoms with Gasteiger partial charge in [0, 0.05) is 17.1 Å². The van der Waals surface area contributed by atoms with Crippen molar-refractivity contribution in [3.05, 3.63) is 34.3 Å². The lowest BCUT2D eigenvalue weighted by molar-refractivity contribution is 0.0205. The van der Waals surface area contributed by atoms with Crippen LogP contribution >= 0.6 is 28.3 Å². The van der Waals surface area contributed by atoms with E-state index in [0.29, 0.717) is 0 Å². The van der Waals surface area contributed by atoms with Crippen LogP contribution in [-0.4, -0.2) is 29.1 Å². The molecule has 0 spiro atoms. The van der Waals surface area contributed by atoms with E-state index in [1.54, 1.807) is 0 Å². The van der Waals surface area contributed by atoms with Crippen molar-refractivity contribution in [3.8, 4) is 0 Å². The van der Waals surface area contributed by atoms with Gasteiger partial charge in [0.15, 0.2) is 0 Å². The molecule has 1 saturated carbocycles. The van der Waals surface area contributed by atoms with Crippen molar-refractivity contribution in [1.82, 2.24) is 4.90 Å². The average molecular weight is 375 g/mol. The van der Waals surface area contributed by atoms with Crippen molar-refractivity contribution < 1.29 is 5.11 Å². The number of likely N-dealkylation sites (tertiary alicyclic amines) is 1. The van der Waals surface area contributed by atoms with Gasteiger partial charge in [-0.2, -0.15) is 0 Å². The van der Waals surface area contributed by atoms with E-state index in [4.69, 9.17) is 0 Å². The maximum Gasteiger partial charge on any atom is 0.0917 e. The van der Waals surface area contributed by atoms with Crippen molar-refractivity contribution in [1.29, 1.82) is 0 Å². The summed E-state index contributed by atoms with van der Waals surface area (Å²) in [6, 6.07) is 8.80. The van der Waals surface area contributed by atoms with Gasteiger partial charge in [0.25, 0.3) is 0 Å². The fourth-order valence-corrected chi connectivity index (χ4v) is 4.23. The first kappa shape index (κ1) is 17.3. The van der Waals surface area contributed by atoms with Gasteiger partial charge >= 0.3 is 0 Å². The number of rotatable bonds is 3. The zero-order chi connectivity index (χ0) is 13.9. The molecule has 0 radical (unpaired) electrons. The van der Waals surface area contributed by atoms with Crippen LogP contribution in [0.1, 0.15) is 50.2 Å². The molecular formula is C17H25BrClNO. The molecule has 3 rings (SSSR count). The molecule has 4 heteroatoms. The number of fused-ring (bicyclic) bond motifs is 1. The van der Waals surface area contributed by atoms with Crippen molar-refractivity contribution in [3.63, 3.8) is 0 Å². The van der Waals surface area contributed by atoms with Crippen LogP contribution in [-0.2, 0) is 0 Å². The van der Waals surface area contributed by atoms with Gasteiger partial charge in [-0.15, -0.1) is 12.4 Å². The van der Waals surface area contributed by atoms with E-state index in [-0.39, 0.29) is 18.5 Å². The van der Waals surface area contributed by atoms with Crippen LogP contribution in [0, 0.1) is 5.92 Å². The van der Waals surface area contributed by atoms with Crippen LogP contribution in [0.3, 0.4) is 0 Å². The highest BCUT2D eigenvalue weighted by Gasteiger charge is 2.33. The fraction of sp³-hybridized carbons (Fsp3) is 0.647. The second-order valence-electron chi connectivity index (χ2n) is 6.32. The molecule has 2 nitrogen and oxygen atoms in total. The van der Waals surface area contributed by atoms with E-state index in [9.17, 15) is 5.11 Å². The van der Waals surface area contributed by atoms with Crippen LogP contribution in [0.5, 0.6) is 0 Å². The van der Waals surface area contributed by atoms with Crippen molar-refractivity contribution in [2.45, 2.75) is 50.7 Å². The molecule has 118 valence electrons. The second kappa shape index (κ2) is 7.96. The maximum absolute atomic E-state index is 10.5. The number of aliphatic hydroxyl groups excluding tert-OH is 1. The number of benzene rings is 1. The number of halogens is 2. The lowest BCUT2D eigenvalue weighted by Crippen LogP contribution is -2.48. The molecule has 1 aliphatic heterocycles. The summed E-state index contributed by atoms with van der Waals surface area (Å²) in [5, 5.41) is 10.5. The molecule has 2 aliphatic rings. The number of piperidine rings is 1. The van der Waals surface area contributed by atoms with E-state index in [2.05, 4.69) is 20.8 Å². The molecule has 1 aliphatic carbocycles. The summed E-state index contributed by atoms with van der Waals surface area (Å²) in [6.45, 7) is 1.96. The molecule has 1 saturated heterocycles. The third-order valence-corrected chi connectivity index (χ3v) is 5.55. The predicted octanol–water partition coefficient (Wildman–Crippen LogP) is 4.56. The minimum Gasteiger partial charge on any atom is -0.387 e. The van der Waals surface area contributed by atoms with E-state index in [1.165, 1.54) is 38.5 Å². The normalized spacial score (nSPS) is 27.5. The molecule has 3 unspecified atom stereocenters. The Bertz CT molecular complexity index is 437. The molecule has 0 aromatic heterocycles. The molecule has 1 heterocycles. The fourth-order valence-electron chi connectivity index (χ4n) is 3.97. The zero-order valence-corrected chi connectivity index (χ0v) is 14.8. The average Bonchev–Trinajstić information content (AvgIpc) is 2.48. The quantitative estimate of drug-likeness (QED) is 0.838. The highest BCUT2D eigenvalue weighted by atomic mass is 79.9. The lowest BCUT2D eigenvalue weighted by Gasteiger charge is -2.44. The monoisotopic (exact) mass is 373 g/mol. The summed E-state index contributed by atoms with van der Waals surface area (Å²) in [4.78, 5) is 2.56. The highest BCUT2D eigenvalue weighted by molar-refractivity contribution is 9.10. The van der Waals surface area contributed by atoms with Crippen LogP contribution in [0.15, 0.2) is 28.7 Å². The Hall–Kier alpha value is -0.0900. The SMILES string of the molecule is Cl.OC(CN1CCCC2CCCCC21)c1ccc(Br)cc1. The van der Waals surface area contributed by atoms with Crippen LogP contribution in [0.2, 0.25) is 0 Å². The third kappa shape index (κ3) is 4.22. The summed E-state index contributed by atoms with van der Waals surface area (Å²) >= 11 is 3.45. The standard InChI is InChI=1S/C17H24BrNO.ClH/c18-15-9-7-14(8-10-15)17(20)12-19-11-3-5-13-4-1-2-6-16(13)19;/h7-10,13,16-17,20H,1-6,11-12H2;1H. The second-order valence-corrected chi connectivity index (χ2v) is 7.23. The Morgan fingerprint density at radius 3 is 2.52 bits per heavy atom. The minimum atomic E-state index is -0.358. The summed E-state index contributed by atoms with van der Waals surface area (Å²) in [5.74, 6) is 0.884. The third-order valence-electron chi connectivity index (χ3n) is 5.02. The van der Waals surface area contributed by atoms with Crippen LogP contribution in [0.4, 0.5) is 0 Å². The highest BCUT2D eigenvalue weighted by Crippen LogP contribution is 2.36. The van der Waals surface area contributed by atoms with Crippen molar-refractivity contribution in [2.75, 3.05) is 13.1 Å². The van der Waals surface area contributed by atoms with Crippen molar-refractivity contribution in [2.24, 2.45) is 5.92 Å². The molecule has 2 fully saturated rings. The van der Waals surface area contributed by atoms with Gasteiger partial charge in [-0.05, 0) is 55.8 Å². The molecule has 1 aromatic rings. The smallest absolute Gasteiger partial charge is 0.0917 e. The topological polar surface area (TPSA) is 23.5 Å². The molecule has 21 heavy (non-hydrogen) atoms. The number of β-amino-alcohol motifs (C(OH)–C–C–N with tert-alkyl or cyclic N) is 1. The van der Waals surface area contributed by atoms with E-state index in [1.807, 2.05) is 24.3 Å². The van der Waals surface area contributed by atoms with Gasteiger partial charge in [-0.1, -0.05) is 40.9 Å². The summed E-state index contributed by atoms with van der Waals surface area (Å²) in [6.07, 6.45) is 7.84. The Morgan fingerprint density at radius 2 is 1.76 bits per heavy atom. The van der Waals surface area contributed by atoms with Gasteiger partial charge in [-0.25, -0.2) is 0 Å². The van der Waals surface area contributed by atoms with Crippen molar-refractivity contribution >= 4 is 28.3 Å². The van der Waals surface area contributed by atoms with Gasteiger partial charge in [0.1, 0.15) is 0 Å². The largest absolute Gasteiger partial charge is 0.387 e. The summed E-state index contributed by atoms with van der Waals surface area (Å²) in [7, 11) is 0. The van der Waals surface area contributed by atoms with Crippen LogP contribution < -0.4 is 0 Å². The molecule has 1 aromatic carbocycles. The van der Waals surface area contributed by atoms with E-state index < -0.39 is 0 Å². The first-order valence-electron chi connectivity index (χ1n) is 7.91. The number of nitrogens with zero attached hydrogens (tertiary/aromatic N) is 1. The Balaban J connectivity index is 0.00000161. The predicted molar refractivity (Wildman–Crippen MR) is 92.9 cm³/mol. The zero-order valence-electron chi connectivity index (χ0n) is 12.4. The van der Waals surface area contributed by atoms with E-state index >= 15 is 0 Å². The first-order chi connectivity index (χ1) is 9.74. The molecular weight excluding hydrogens is 350 g/mol. The minimum absolute atomic E-state index is 0. The molecule has 0 bridgehead atoms. The first-order valence-corrected chi connectivity index (χ1v) is 8.71. The Kier molecular flexibility index (Phi) is 6.54.